The number of benzene rings is 2. The molecule has 25 heavy (non-hydrogen) atoms. The summed E-state index contributed by atoms with van der Waals surface area (Å²) in [6, 6.07) is 13.5. The van der Waals surface area contributed by atoms with Gasteiger partial charge in [-0.3, -0.25) is 4.79 Å². The summed E-state index contributed by atoms with van der Waals surface area (Å²) in [5, 5.41) is 0. The van der Waals surface area contributed by atoms with Crippen LogP contribution in [0.5, 0.6) is 11.5 Å². The zero-order valence-corrected chi connectivity index (χ0v) is 16.2. The smallest absolute Gasteiger partial charge is 0.310 e. The first kappa shape index (κ1) is 19.3. The van der Waals surface area contributed by atoms with E-state index in [1.807, 2.05) is 42.5 Å². The zero-order valence-electron chi connectivity index (χ0n) is 14.6. The lowest BCUT2D eigenvalue weighted by atomic mass is 10.1. The summed E-state index contributed by atoms with van der Waals surface area (Å²) in [6.45, 7) is 3.30. The molecule has 0 radical (unpaired) electrons. The van der Waals surface area contributed by atoms with Gasteiger partial charge in [0.2, 0.25) is 0 Å². The SMILES string of the molecule is CCCCOc1ccc(COc2ccc(Br)cc2CC(=O)OC)cc1. The summed E-state index contributed by atoms with van der Waals surface area (Å²) >= 11 is 3.42. The highest BCUT2D eigenvalue weighted by Gasteiger charge is 2.10. The summed E-state index contributed by atoms with van der Waals surface area (Å²) < 4.78 is 17.2. The van der Waals surface area contributed by atoms with Gasteiger partial charge in [0.25, 0.3) is 0 Å². The molecule has 2 aromatic rings. The number of hydrogen-bond acceptors (Lipinski definition) is 4. The van der Waals surface area contributed by atoms with Crippen LogP contribution in [0.15, 0.2) is 46.9 Å². The minimum Gasteiger partial charge on any atom is -0.494 e. The Morgan fingerprint density at radius 2 is 1.84 bits per heavy atom. The van der Waals surface area contributed by atoms with Crippen LogP contribution in [0.2, 0.25) is 0 Å². The summed E-state index contributed by atoms with van der Waals surface area (Å²) in [5.41, 5.74) is 1.83. The van der Waals surface area contributed by atoms with Gasteiger partial charge >= 0.3 is 5.97 Å². The number of methoxy groups -OCH3 is 1. The Kier molecular flexibility index (Phi) is 7.79. The summed E-state index contributed by atoms with van der Waals surface area (Å²) in [7, 11) is 1.38. The summed E-state index contributed by atoms with van der Waals surface area (Å²) in [5.74, 6) is 1.25. The highest BCUT2D eigenvalue weighted by Crippen LogP contribution is 2.25. The van der Waals surface area contributed by atoms with Crippen LogP contribution < -0.4 is 9.47 Å². The maximum absolute atomic E-state index is 11.6. The maximum atomic E-state index is 11.6. The Morgan fingerprint density at radius 1 is 1.08 bits per heavy atom. The molecule has 0 aliphatic rings. The second-order valence-electron chi connectivity index (χ2n) is 5.64. The molecule has 0 saturated heterocycles. The number of unbranched alkanes of at least 4 members (excludes halogenated alkanes) is 1. The van der Waals surface area contributed by atoms with Gasteiger partial charge < -0.3 is 14.2 Å². The van der Waals surface area contributed by atoms with Crippen LogP contribution in [0, 0.1) is 0 Å². The molecular weight excluding hydrogens is 384 g/mol. The van der Waals surface area contributed by atoms with Gasteiger partial charge in [-0.15, -0.1) is 0 Å². The van der Waals surface area contributed by atoms with Gasteiger partial charge in [-0.25, -0.2) is 0 Å². The fraction of sp³-hybridized carbons (Fsp3) is 0.350. The Balaban J connectivity index is 1.97. The topological polar surface area (TPSA) is 44.8 Å². The van der Waals surface area contributed by atoms with E-state index in [0.29, 0.717) is 12.4 Å². The van der Waals surface area contributed by atoms with Crippen LogP contribution in [0.3, 0.4) is 0 Å². The number of esters is 1. The van der Waals surface area contributed by atoms with Crippen LogP contribution in [0.1, 0.15) is 30.9 Å². The number of hydrogen-bond donors (Lipinski definition) is 0. The molecule has 0 amide bonds. The van der Waals surface area contributed by atoms with E-state index >= 15 is 0 Å². The normalized spacial score (nSPS) is 10.4. The molecule has 0 aliphatic heterocycles. The molecule has 0 heterocycles. The van der Waals surface area contributed by atoms with Crippen LogP contribution in [0.4, 0.5) is 0 Å². The Hall–Kier alpha value is -2.01. The van der Waals surface area contributed by atoms with Gasteiger partial charge in [0.05, 0.1) is 20.1 Å². The molecule has 0 bridgehead atoms. The van der Waals surface area contributed by atoms with Gasteiger partial charge in [0, 0.05) is 10.0 Å². The van der Waals surface area contributed by atoms with Gasteiger partial charge in [-0.1, -0.05) is 41.4 Å². The number of carbonyl (C=O) groups excluding carboxylic acids is 1. The van der Waals surface area contributed by atoms with Gasteiger partial charge in [0.15, 0.2) is 0 Å². The highest BCUT2D eigenvalue weighted by molar-refractivity contribution is 9.10. The van der Waals surface area contributed by atoms with E-state index in [4.69, 9.17) is 14.2 Å². The van der Waals surface area contributed by atoms with Crippen LogP contribution in [0.25, 0.3) is 0 Å². The van der Waals surface area contributed by atoms with Crippen molar-refractivity contribution >= 4 is 21.9 Å². The molecule has 0 saturated carbocycles. The predicted molar refractivity (Wildman–Crippen MR) is 101 cm³/mol. The van der Waals surface area contributed by atoms with Crippen molar-refractivity contribution in [2.75, 3.05) is 13.7 Å². The molecular formula is C20H23BrO4. The Morgan fingerprint density at radius 3 is 2.52 bits per heavy atom. The van der Waals surface area contributed by atoms with E-state index in [2.05, 4.69) is 22.9 Å². The monoisotopic (exact) mass is 406 g/mol. The van der Waals surface area contributed by atoms with E-state index in [1.54, 1.807) is 0 Å². The molecule has 0 N–H and O–H groups in total. The van der Waals surface area contributed by atoms with Crippen LogP contribution >= 0.6 is 15.9 Å². The predicted octanol–water partition coefficient (Wildman–Crippen LogP) is 4.92. The Labute approximate surface area is 157 Å². The molecule has 2 rings (SSSR count). The molecule has 2 aromatic carbocycles. The molecule has 0 atom stereocenters. The van der Waals surface area contributed by atoms with E-state index in [9.17, 15) is 4.79 Å². The van der Waals surface area contributed by atoms with Crippen molar-refractivity contribution in [1.82, 2.24) is 0 Å². The third-order valence-corrected chi connectivity index (χ3v) is 4.16. The van der Waals surface area contributed by atoms with Crippen LogP contribution in [-0.2, 0) is 22.6 Å². The van der Waals surface area contributed by atoms with Crippen LogP contribution in [-0.4, -0.2) is 19.7 Å². The van der Waals surface area contributed by atoms with Crippen molar-refractivity contribution in [3.8, 4) is 11.5 Å². The third kappa shape index (κ3) is 6.42. The van der Waals surface area contributed by atoms with Crippen molar-refractivity contribution in [2.45, 2.75) is 32.8 Å². The fourth-order valence-electron chi connectivity index (χ4n) is 2.23. The largest absolute Gasteiger partial charge is 0.494 e. The molecule has 0 unspecified atom stereocenters. The second-order valence-corrected chi connectivity index (χ2v) is 6.56. The lowest BCUT2D eigenvalue weighted by Crippen LogP contribution is -2.07. The van der Waals surface area contributed by atoms with Gasteiger partial charge in [-0.05, 0) is 42.3 Å². The van der Waals surface area contributed by atoms with E-state index < -0.39 is 0 Å². The molecule has 134 valence electrons. The van der Waals surface area contributed by atoms with Gasteiger partial charge in [-0.2, -0.15) is 0 Å². The highest BCUT2D eigenvalue weighted by atomic mass is 79.9. The fourth-order valence-corrected chi connectivity index (χ4v) is 2.64. The minimum absolute atomic E-state index is 0.176. The molecule has 0 aliphatic carbocycles. The summed E-state index contributed by atoms with van der Waals surface area (Å²) in [6.07, 6.45) is 2.35. The van der Waals surface area contributed by atoms with Crippen molar-refractivity contribution in [3.05, 3.63) is 58.1 Å². The van der Waals surface area contributed by atoms with E-state index in [1.165, 1.54) is 7.11 Å². The number of ether oxygens (including phenoxy) is 3. The Bertz CT molecular complexity index is 683. The lowest BCUT2D eigenvalue weighted by Gasteiger charge is -2.12. The molecule has 5 heteroatoms. The molecule has 0 fully saturated rings. The standard InChI is InChI=1S/C20H23BrO4/c1-3-4-11-24-18-8-5-15(6-9-18)14-25-19-10-7-17(21)12-16(19)13-20(22)23-2/h5-10,12H,3-4,11,13-14H2,1-2H3. The molecule has 0 aromatic heterocycles. The first-order valence-corrected chi connectivity index (χ1v) is 9.11. The summed E-state index contributed by atoms with van der Waals surface area (Å²) in [4.78, 5) is 11.6. The number of carbonyl (C=O) groups is 1. The first-order chi connectivity index (χ1) is 12.1. The maximum Gasteiger partial charge on any atom is 0.310 e. The average molecular weight is 407 g/mol. The number of halogens is 1. The lowest BCUT2D eigenvalue weighted by molar-refractivity contribution is -0.139. The average Bonchev–Trinajstić information content (AvgIpc) is 2.62. The number of rotatable bonds is 9. The van der Waals surface area contributed by atoms with E-state index in [-0.39, 0.29) is 12.4 Å². The first-order valence-electron chi connectivity index (χ1n) is 8.32. The zero-order chi connectivity index (χ0) is 18.1. The van der Waals surface area contributed by atoms with Gasteiger partial charge in [0.1, 0.15) is 18.1 Å². The molecule has 0 spiro atoms. The molecule has 4 nitrogen and oxygen atoms in total. The van der Waals surface area contributed by atoms with E-state index in [0.717, 1.165) is 40.8 Å². The second kappa shape index (κ2) is 10.1. The van der Waals surface area contributed by atoms with Crippen molar-refractivity contribution in [3.63, 3.8) is 0 Å². The minimum atomic E-state index is -0.295. The quantitative estimate of drug-likeness (QED) is 0.437. The van der Waals surface area contributed by atoms with Crippen molar-refractivity contribution < 1.29 is 19.0 Å². The van der Waals surface area contributed by atoms with Crippen molar-refractivity contribution in [2.24, 2.45) is 0 Å². The van der Waals surface area contributed by atoms with Crippen molar-refractivity contribution in [1.29, 1.82) is 0 Å². The third-order valence-electron chi connectivity index (χ3n) is 3.67.